The minimum atomic E-state index is -0.585. The fourth-order valence-electron chi connectivity index (χ4n) is 2.52. The minimum absolute atomic E-state index is 0.104. The third kappa shape index (κ3) is 4.18. The molecule has 2 heterocycles. The molecule has 1 aromatic carbocycles. The highest BCUT2D eigenvalue weighted by Crippen LogP contribution is 2.21. The maximum absolute atomic E-state index is 12.0. The van der Waals surface area contributed by atoms with Gasteiger partial charge in [0.15, 0.2) is 6.10 Å². The average molecular weight is 339 g/mol. The Morgan fingerprint density at radius 3 is 2.60 bits per heavy atom. The number of benzene rings is 1. The van der Waals surface area contributed by atoms with Gasteiger partial charge in [0.25, 0.3) is 5.91 Å². The first-order valence-electron chi connectivity index (χ1n) is 8.01. The molecular weight excluding hydrogens is 322 g/mol. The lowest BCUT2D eigenvalue weighted by Gasteiger charge is -2.16. The first kappa shape index (κ1) is 16.6. The summed E-state index contributed by atoms with van der Waals surface area (Å²) < 4.78 is 10.9. The third-order valence-electron chi connectivity index (χ3n) is 3.82. The van der Waals surface area contributed by atoms with E-state index in [2.05, 4.69) is 10.3 Å². The van der Waals surface area contributed by atoms with Gasteiger partial charge in [0.05, 0.1) is 0 Å². The second-order valence-corrected chi connectivity index (χ2v) is 5.65. The summed E-state index contributed by atoms with van der Waals surface area (Å²) in [6.07, 6.45) is 2.06. The Balaban J connectivity index is 1.61. The summed E-state index contributed by atoms with van der Waals surface area (Å²) in [6, 6.07) is 11.4. The molecule has 2 N–H and O–H groups in total. The minimum Gasteiger partial charge on any atom is -0.481 e. The van der Waals surface area contributed by atoms with Crippen LogP contribution in [-0.2, 0) is 4.79 Å². The van der Waals surface area contributed by atoms with Crippen molar-refractivity contribution in [1.29, 1.82) is 5.26 Å². The van der Waals surface area contributed by atoms with Crippen molar-refractivity contribution in [3.63, 3.8) is 0 Å². The van der Waals surface area contributed by atoms with Crippen LogP contribution >= 0.6 is 0 Å². The number of nitrogens with one attached hydrogen (secondary N) is 2. The van der Waals surface area contributed by atoms with Gasteiger partial charge in [-0.25, -0.2) is 4.79 Å². The number of H-pyrrole nitrogens is 1. The molecule has 1 saturated heterocycles. The van der Waals surface area contributed by atoms with E-state index in [4.69, 9.17) is 14.7 Å². The van der Waals surface area contributed by atoms with E-state index in [1.54, 1.807) is 24.3 Å². The second kappa shape index (κ2) is 7.53. The Bertz CT molecular complexity index is 804. The molecule has 0 radical (unpaired) electrons. The molecule has 1 aromatic heterocycles. The van der Waals surface area contributed by atoms with Crippen molar-refractivity contribution in [2.24, 2.45) is 0 Å². The molecule has 0 spiro atoms. The lowest BCUT2D eigenvalue weighted by Crippen LogP contribution is -2.36. The largest absolute Gasteiger partial charge is 0.481 e. The number of esters is 1. The number of amides is 1. The fourth-order valence-corrected chi connectivity index (χ4v) is 2.52. The van der Waals surface area contributed by atoms with Crippen LogP contribution in [-0.4, -0.2) is 29.5 Å². The van der Waals surface area contributed by atoms with E-state index < -0.39 is 12.1 Å². The summed E-state index contributed by atoms with van der Waals surface area (Å²) in [5, 5.41) is 11.6. The van der Waals surface area contributed by atoms with E-state index in [9.17, 15) is 9.59 Å². The van der Waals surface area contributed by atoms with Gasteiger partial charge in [0.2, 0.25) is 0 Å². The number of carbonyl (C=O) groups excluding carboxylic acids is 2. The molecule has 25 heavy (non-hydrogen) atoms. The third-order valence-corrected chi connectivity index (χ3v) is 3.82. The monoisotopic (exact) mass is 339 g/mol. The summed E-state index contributed by atoms with van der Waals surface area (Å²) >= 11 is 0. The molecule has 1 atom stereocenters. The molecular formula is C18H17N3O4. The van der Waals surface area contributed by atoms with Crippen LogP contribution < -0.4 is 14.8 Å². The molecule has 1 aliphatic rings. The van der Waals surface area contributed by atoms with E-state index in [-0.39, 0.29) is 17.3 Å². The highest BCUT2D eigenvalue weighted by atomic mass is 16.5. The van der Waals surface area contributed by atoms with Crippen molar-refractivity contribution in [3.8, 4) is 17.6 Å². The van der Waals surface area contributed by atoms with Gasteiger partial charge in [-0.15, -0.1) is 0 Å². The number of aromatic amines is 1. The molecule has 7 nitrogen and oxygen atoms in total. The molecule has 128 valence electrons. The Labute approximate surface area is 144 Å². The summed E-state index contributed by atoms with van der Waals surface area (Å²) in [5.41, 5.74) is 0.490. The van der Waals surface area contributed by atoms with Gasteiger partial charge >= 0.3 is 5.97 Å². The highest BCUT2D eigenvalue weighted by Gasteiger charge is 2.22. The number of nitriles is 1. The Hall–Kier alpha value is -3.27. The van der Waals surface area contributed by atoms with Crippen molar-refractivity contribution in [2.45, 2.75) is 25.4 Å². The molecule has 2 aromatic rings. The molecule has 7 heteroatoms. The topological polar surface area (TPSA) is 104 Å². The second-order valence-electron chi connectivity index (χ2n) is 5.65. The van der Waals surface area contributed by atoms with Gasteiger partial charge in [0.1, 0.15) is 29.0 Å². The van der Waals surface area contributed by atoms with Crippen LogP contribution in [0.15, 0.2) is 36.4 Å². The van der Waals surface area contributed by atoms with Crippen LogP contribution in [0.4, 0.5) is 0 Å². The lowest BCUT2D eigenvalue weighted by molar-refractivity contribution is -0.127. The van der Waals surface area contributed by atoms with Crippen molar-refractivity contribution in [1.82, 2.24) is 10.3 Å². The van der Waals surface area contributed by atoms with Gasteiger partial charge in [0, 0.05) is 6.54 Å². The Morgan fingerprint density at radius 2 is 1.88 bits per heavy atom. The number of ether oxygens (including phenoxy) is 2. The smallest absolute Gasteiger partial charge is 0.360 e. The normalized spacial score (nSPS) is 17.1. The van der Waals surface area contributed by atoms with Crippen LogP contribution in [0.5, 0.6) is 11.5 Å². The van der Waals surface area contributed by atoms with Gasteiger partial charge in [-0.3, -0.25) is 4.79 Å². The van der Waals surface area contributed by atoms with Gasteiger partial charge in [-0.05, 0) is 55.7 Å². The maximum Gasteiger partial charge on any atom is 0.360 e. The van der Waals surface area contributed by atoms with E-state index in [1.807, 2.05) is 6.07 Å². The fraction of sp³-hybridized carbons (Fsp3) is 0.278. The number of carbonyl (C=O) groups is 2. The number of hydrogen-bond donors (Lipinski definition) is 2. The molecule has 3 rings (SSSR count). The molecule has 0 aliphatic carbocycles. The summed E-state index contributed by atoms with van der Waals surface area (Å²) in [6.45, 7) is 0.680. The maximum atomic E-state index is 12.0. The summed E-state index contributed by atoms with van der Waals surface area (Å²) in [7, 11) is 0. The van der Waals surface area contributed by atoms with Crippen LogP contribution in [0, 0.1) is 11.3 Å². The first-order valence-corrected chi connectivity index (χ1v) is 8.01. The lowest BCUT2D eigenvalue weighted by atomic mass is 10.2. The van der Waals surface area contributed by atoms with Gasteiger partial charge in [-0.2, -0.15) is 5.26 Å². The quantitative estimate of drug-likeness (QED) is 0.656. The zero-order chi connectivity index (χ0) is 17.6. The first-order chi connectivity index (χ1) is 12.2. The van der Waals surface area contributed by atoms with E-state index in [0.29, 0.717) is 24.5 Å². The molecule has 0 bridgehead atoms. The number of nitrogens with zero attached hydrogens (tertiary/aromatic N) is 1. The van der Waals surface area contributed by atoms with Crippen molar-refractivity contribution in [2.75, 3.05) is 6.54 Å². The average Bonchev–Trinajstić information content (AvgIpc) is 3.02. The van der Waals surface area contributed by atoms with E-state index in [1.165, 1.54) is 12.1 Å². The zero-order valence-electron chi connectivity index (χ0n) is 13.5. The Kier molecular flexibility index (Phi) is 5.00. The standard InChI is InChI=1S/C18H17N3O4/c19-11-12-4-9-15(21-12)18(23)25-14-7-5-13(6-8-14)24-16-3-1-2-10-20-17(16)22/h4-9,16,21H,1-3,10H2,(H,20,22)/t16-/m1/s1. The van der Waals surface area contributed by atoms with E-state index in [0.717, 1.165) is 12.8 Å². The molecule has 1 amide bonds. The number of aromatic nitrogens is 1. The summed E-state index contributed by atoms with van der Waals surface area (Å²) in [4.78, 5) is 26.5. The van der Waals surface area contributed by atoms with Gasteiger partial charge in [-0.1, -0.05) is 0 Å². The van der Waals surface area contributed by atoms with Crippen LogP contribution in [0.3, 0.4) is 0 Å². The molecule has 0 saturated carbocycles. The Morgan fingerprint density at radius 1 is 1.12 bits per heavy atom. The predicted molar refractivity (Wildman–Crippen MR) is 88.2 cm³/mol. The van der Waals surface area contributed by atoms with E-state index >= 15 is 0 Å². The number of rotatable bonds is 4. The van der Waals surface area contributed by atoms with Crippen LogP contribution in [0.1, 0.15) is 35.4 Å². The van der Waals surface area contributed by atoms with Crippen molar-refractivity contribution >= 4 is 11.9 Å². The highest BCUT2D eigenvalue weighted by molar-refractivity contribution is 5.89. The molecule has 1 fully saturated rings. The molecule has 1 aliphatic heterocycles. The number of hydrogen-bond acceptors (Lipinski definition) is 5. The van der Waals surface area contributed by atoms with Crippen molar-refractivity contribution < 1.29 is 19.1 Å². The van der Waals surface area contributed by atoms with Gasteiger partial charge < -0.3 is 19.8 Å². The van der Waals surface area contributed by atoms with Crippen LogP contribution in [0.25, 0.3) is 0 Å². The summed E-state index contributed by atoms with van der Waals surface area (Å²) in [5.74, 6) is 0.190. The zero-order valence-corrected chi connectivity index (χ0v) is 13.5. The SMILES string of the molecule is N#Cc1ccc(C(=O)Oc2ccc(O[C@@H]3CCCCNC3=O)cc2)[nH]1. The van der Waals surface area contributed by atoms with Crippen molar-refractivity contribution in [3.05, 3.63) is 47.8 Å². The van der Waals surface area contributed by atoms with Crippen LogP contribution in [0.2, 0.25) is 0 Å². The predicted octanol–water partition coefficient (Wildman–Crippen LogP) is 2.15. The molecule has 0 unspecified atom stereocenters.